The Kier molecular flexibility index (Phi) is 23.7. The number of benzene rings is 4. The van der Waals surface area contributed by atoms with E-state index in [4.69, 9.17) is 74.0 Å². The van der Waals surface area contributed by atoms with Gasteiger partial charge < -0.3 is 74.0 Å². The Morgan fingerprint density at radius 3 is 1.10 bits per heavy atom. The van der Waals surface area contributed by atoms with Gasteiger partial charge in [-0.25, -0.2) is 38.4 Å². The second kappa shape index (κ2) is 28.6. The van der Waals surface area contributed by atoms with Crippen LogP contribution in [-0.4, -0.2) is 135 Å². The van der Waals surface area contributed by atoms with Gasteiger partial charge in [-0.1, -0.05) is 24.3 Å². The average molecular weight is 889 g/mol. The number of aryl methyl sites for hydroxylation is 1. The SMILES string of the molecule is Cc1ccc(OCC(=O)O)c(OCC(=O)O)c1.O=C(O)COc1ccc(OCC(=O)O)cc1.O=C(O)COc1cccc(OCC(=O)O)c1.O=C(O)COc1ccccc1C(=O)O. The van der Waals surface area contributed by atoms with Crippen LogP contribution >= 0.6 is 0 Å². The smallest absolute Gasteiger partial charge is 0.341 e. The van der Waals surface area contributed by atoms with E-state index < -0.39 is 94.0 Å². The predicted molar refractivity (Wildman–Crippen MR) is 209 cm³/mol. The molecule has 0 fully saturated rings. The number of ether oxygens (including phenoxy) is 7. The summed E-state index contributed by atoms with van der Waals surface area (Å²) in [4.78, 5) is 82.4. The van der Waals surface area contributed by atoms with Crippen LogP contribution in [0.25, 0.3) is 0 Å². The van der Waals surface area contributed by atoms with Gasteiger partial charge in [-0.15, -0.1) is 0 Å². The number of carbonyl (C=O) groups is 8. The van der Waals surface area contributed by atoms with Crippen molar-refractivity contribution < 1.29 is 112 Å². The molecule has 0 aliphatic carbocycles. The molecule has 4 rings (SSSR count). The van der Waals surface area contributed by atoms with E-state index in [0.717, 1.165) is 5.56 Å². The molecule has 63 heavy (non-hydrogen) atoms. The molecule has 8 N–H and O–H groups in total. The summed E-state index contributed by atoms with van der Waals surface area (Å²) in [5.74, 6) is -6.96. The highest BCUT2D eigenvalue weighted by atomic mass is 16.5. The average Bonchev–Trinajstić information content (AvgIpc) is 3.22. The van der Waals surface area contributed by atoms with Crippen molar-refractivity contribution in [1.82, 2.24) is 0 Å². The molecule has 0 saturated carbocycles. The van der Waals surface area contributed by atoms with Crippen molar-refractivity contribution in [2.75, 3.05) is 46.2 Å². The van der Waals surface area contributed by atoms with Crippen LogP contribution < -0.4 is 33.2 Å². The molecule has 4 aromatic carbocycles. The van der Waals surface area contributed by atoms with Crippen molar-refractivity contribution in [3.05, 3.63) is 102 Å². The van der Waals surface area contributed by atoms with E-state index in [1.807, 2.05) is 0 Å². The lowest BCUT2D eigenvalue weighted by Gasteiger charge is -2.11. The van der Waals surface area contributed by atoms with Crippen LogP contribution in [0, 0.1) is 6.92 Å². The van der Waals surface area contributed by atoms with Gasteiger partial charge in [0.15, 0.2) is 57.7 Å². The first-order valence-corrected chi connectivity index (χ1v) is 17.3. The first-order chi connectivity index (χ1) is 29.7. The number of carboxylic acid groups (broad SMARTS) is 8. The molecule has 23 heteroatoms. The van der Waals surface area contributed by atoms with Crippen LogP contribution in [0.5, 0.6) is 40.2 Å². The molecule has 0 aromatic heterocycles. The van der Waals surface area contributed by atoms with Crippen molar-refractivity contribution in [3.63, 3.8) is 0 Å². The molecule has 0 unspecified atom stereocenters. The maximum Gasteiger partial charge on any atom is 0.341 e. The molecule has 0 aliphatic heterocycles. The summed E-state index contributed by atoms with van der Waals surface area (Å²) in [6, 6.07) is 22.8. The molecule has 0 amide bonds. The number of rotatable bonds is 22. The van der Waals surface area contributed by atoms with Crippen molar-refractivity contribution in [2.45, 2.75) is 6.92 Å². The third-order valence-electron chi connectivity index (χ3n) is 6.35. The molecule has 4 aromatic rings. The quantitative estimate of drug-likeness (QED) is 0.0562. The maximum atomic E-state index is 10.6. The molecule has 0 spiro atoms. The summed E-state index contributed by atoms with van der Waals surface area (Å²) < 4.78 is 34.3. The third kappa shape index (κ3) is 25.4. The summed E-state index contributed by atoms with van der Waals surface area (Å²) in [5, 5.41) is 67.5. The zero-order chi connectivity index (χ0) is 47.3. The highest BCUT2D eigenvalue weighted by Crippen LogP contribution is 2.28. The van der Waals surface area contributed by atoms with Gasteiger partial charge in [-0.3, -0.25) is 0 Å². The van der Waals surface area contributed by atoms with Crippen molar-refractivity contribution >= 4 is 47.8 Å². The summed E-state index contributed by atoms with van der Waals surface area (Å²) in [5.41, 5.74) is 0.807. The Labute approximate surface area is 355 Å². The number of aliphatic carboxylic acids is 7. The lowest BCUT2D eigenvalue weighted by molar-refractivity contribution is -0.140. The van der Waals surface area contributed by atoms with E-state index in [9.17, 15) is 38.4 Å². The Morgan fingerprint density at radius 1 is 0.349 bits per heavy atom. The van der Waals surface area contributed by atoms with Gasteiger partial charge in [-0.05, 0) is 73.2 Å². The molecule has 23 nitrogen and oxygen atoms in total. The molecule has 338 valence electrons. The van der Waals surface area contributed by atoms with Crippen molar-refractivity contribution in [2.24, 2.45) is 0 Å². The summed E-state index contributed by atoms with van der Waals surface area (Å²) >= 11 is 0. The second-order valence-electron chi connectivity index (χ2n) is 11.5. The second-order valence-corrected chi connectivity index (χ2v) is 11.5. The predicted octanol–water partition coefficient (Wildman–Crippen LogP) is 3.00. The van der Waals surface area contributed by atoms with Gasteiger partial charge in [0.05, 0.1) is 0 Å². The molecule has 0 bridgehead atoms. The topological polar surface area (TPSA) is 363 Å². The van der Waals surface area contributed by atoms with Gasteiger partial charge in [0, 0.05) is 6.07 Å². The van der Waals surface area contributed by atoms with Crippen LogP contribution in [0.15, 0.2) is 91.0 Å². The Bertz CT molecular complexity index is 2080. The molecule has 0 radical (unpaired) electrons. The number of hydrogen-bond donors (Lipinski definition) is 8. The summed E-state index contributed by atoms with van der Waals surface area (Å²) in [6.07, 6.45) is 0. The van der Waals surface area contributed by atoms with E-state index >= 15 is 0 Å². The minimum absolute atomic E-state index is 0.0475. The first-order valence-electron chi connectivity index (χ1n) is 17.3. The molecular weight excluding hydrogens is 848 g/mol. The monoisotopic (exact) mass is 888 g/mol. The van der Waals surface area contributed by atoms with E-state index in [1.165, 1.54) is 54.6 Å². The fourth-order valence-corrected chi connectivity index (χ4v) is 3.90. The number of para-hydroxylation sites is 1. The van der Waals surface area contributed by atoms with E-state index in [1.54, 1.807) is 43.3 Å². The molecule has 0 aliphatic rings. The first kappa shape index (κ1) is 52.3. The van der Waals surface area contributed by atoms with Crippen LogP contribution in [0.4, 0.5) is 0 Å². The lowest BCUT2D eigenvalue weighted by Crippen LogP contribution is -2.13. The molecular formula is C40H40O23. The standard InChI is InChI=1S/C11H12O6.2C10H10O6.C9H8O5/c1-7-2-3-8(16-5-10(12)13)9(4-7)17-6-11(14)15;11-9(12)5-15-7-1-2-8(4-3-7)16-6-10(13)14;11-9(12)5-15-7-2-1-3-8(4-7)16-6-10(13)14;10-8(11)5-14-7-4-2-1-3-6(7)9(12)13/h2-4H,5-6H2,1H3,(H,12,13)(H,14,15);2*1-4H,5-6H2,(H,11,12)(H,13,14);1-4H,5H2,(H,10,11)(H,12,13). The zero-order valence-corrected chi connectivity index (χ0v) is 32.8. The maximum absolute atomic E-state index is 10.6. The lowest BCUT2D eigenvalue weighted by atomic mass is 10.2. The van der Waals surface area contributed by atoms with Gasteiger partial charge in [0.2, 0.25) is 0 Å². The normalized spacial score (nSPS) is 9.54. The minimum Gasteiger partial charge on any atom is -0.482 e. The highest BCUT2D eigenvalue weighted by Gasteiger charge is 2.12. The van der Waals surface area contributed by atoms with E-state index in [-0.39, 0.29) is 22.8 Å². The third-order valence-corrected chi connectivity index (χ3v) is 6.35. The largest absolute Gasteiger partial charge is 0.482 e. The zero-order valence-electron chi connectivity index (χ0n) is 32.8. The van der Waals surface area contributed by atoms with Crippen molar-refractivity contribution in [3.8, 4) is 40.2 Å². The van der Waals surface area contributed by atoms with Gasteiger partial charge in [0.1, 0.15) is 34.3 Å². The number of carboxylic acids is 8. The Morgan fingerprint density at radius 2 is 0.698 bits per heavy atom. The summed E-state index contributed by atoms with van der Waals surface area (Å²) in [6.45, 7) is -1.52. The van der Waals surface area contributed by atoms with Crippen LogP contribution in [0.3, 0.4) is 0 Å². The van der Waals surface area contributed by atoms with Crippen LogP contribution in [0.2, 0.25) is 0 Å². The van der Waals surface area contributed by atoms with E-state index in [0.29, 0.717) is 23.0 Å². The Hall–Kier alpha value is -8.76. The van der Waals surface area contributed by atoms with Crippen molar-refractivity contribution in [1.29, 1.82) is 0 Å². The van der Waals surface area contributed by atoms with E-state index in [2.05, 4.69) is 0 Å². The fraction of sp³-hybridized carbons (Fsp3) is 0.200. The number of aromatic carboxylic acids is 1. The van der Waals surface area contributed by atoms with Gasteiger partial charge >= 0.3 is 47.8 Å². The van der Waals surface area contributed by atoms with Gasteiger partial charge in [-0.2, -0.15) is 0 Å². The van der Waals surface area contributed by atoms with Crippen LogP contribution in [0.1, 0.15) is 15.9 Å². The minimum atomic E-state index is -1.15. The molecule has 0 saturated heterocycles. The van der Waals surface area contributed by atoms with Crippen LogP contribution in [-0.2, 0) is 33.6 Å². The molecule has 0 atom stereocenters. The number of hydrogen-bond acceptors (Lipinski definition) is 15. The fourth-order valence-electron chi connectivity index (χ4n) is 3.90. The Balaban J connectivity index is 0.000000421. The highest BCUT2D eigenvalue weighted by molar-refractivity contribution is 5.91. The van der Waals surface area contributed by atoms with Gasteiger partial charge in [0.25, 0.3) is 0 Å². The summed E-state index contributed by atoms with van der Waals surface area (Å²) in [7, 11) is 0. The molecule has 0 heterocycles.